The van der Waals surface area contributed by atoms with Crippen molar-refractivity contribution in [3.63, 3.8) is 0 Å². The molecule has 1 rings (SSSR count). The fourth-order valence-corrected chi connectivity index (χ4v) is 1.28. The lowest BCUT2D eigenvalue weighted by molar-refractivity contribution is 0.410. The van der Waals surface area contributed by atoms with E-state index in [1.54, 1.807) is 12.1 Å². The second kappa shape index (κ2) is 4.96. The summed E-state index contributed by atoms with van der Waals surface area (Å²) in [5.41, 5.74) is 6.18. The number of methoxy groups -OCH3 is 1. The molecule has 0 aromatic heterocycles. The summed E-state index contributed by atoms with van der Waals surface area (Å²) in [6.45, 7) is 2.58. The van der Waals surface area contributed by atoms with Crippen LogP contribution in [-0.2, 0) is 6.42 Å². The Balaban J connectivity index is 2.78. The highest BCUT2D eigenvalue weighted by Gasteiger charge is 2.07. The first kappa shape index (κ1) is 11.0. The molecular weight excluding hydrogens is 181 g/mol. The highest BCUT2D eigenvalue weighted by atomic mass is 19.1. The third-order valence-corrected chi connectivity index (χ3v) is 2.23. The van der Waals surface area contributed by atoms with E-state index in [0.717, 1.165) is 0 Å². The lowest BCUT2D eigenvalue weighted by atomic mass is 10.0. The van der Waals surface area contributed by atoms with E-state index in [2.05, 4.69) is 0 Å². The van der Waals surface area contributed by atoms with Crippen LogP contribution in [0, 0.1) is 11.7 Å². The minimum Gasteiger partial charge on any atom is -0.497 e. The van der Waals surface area contributed by atoms with Gasteiger partial charge in [0, 0.05) is 6.07 Å². The third kappa shape index (κ3) is 2.70. The first-order valence-electron chi connectivity index (χ1n) is 4.70. The van der Waals surface area contributed by atoms with Gasteiger partial charge in [-0.05, 0) is 30.5 Å². The van der Waals surface area contributed by atoms with Gasteiger partial charge in [0.15, 0.2) is 0 Å². The number of halogens is 1. The lowest BCUT2D eigenvalue weighted by Crippen LogP contribution is -2.13. The maximum absolute atomic E-state index is 13.4. The van der Waals surface area contributed by atoms with Crippen molar-refractivity contribution in [1.29, 1.82) is 0 Å². The lowest BCUT2D eigenvalue weighted by Gasteiger charge is -2.09. The molecule has 1 aromatic carbocycles. The summed E-state index contributed by atoms with van der Waals surface area (Å²) in [5.74, 6) is 0.634. The summed E-state index contributed by atoms with van der Waals surface area (Å²) in [6.07, 6.45) is 0.673. The van der Waals surface area contributed by atoms with E-state index >= 15 is 0 Å². The van der Waals surface area contributed by atoms with Gasteiger partial charge in [-0.3, -0.25) is 0 Å². The zero-order valence-corrected chi connectivity index (χ0v) is 8.59. The fourth-order valence-electron chi connectivity index (χ4n) is 1.28. The average Bonchev–Trinajstić information content (AvgIpc) is 2.20. The Hall–Kier alpha value is -1.09. The molecule has 0 amide bonds. The molecule has 0 aliphatic heterocycles. The molecule has 0 heterocycles. The second-order valence-electron chi connectivity index (χ2n) is 3.50. The SMILES string of the molecule is COc1ccc(CC(C)CN)c(F)c1. The summed E-state index contributed by atoms with van der Waals surface area (Å²) in [4.78, 5) is 0. The van der Waals surface area contributed by atoms with Gasteiger partial charge in [0.05, 0.1) is 7.11 Å². The molecule has 0 aliphatic carbocycles. The summed E-state index contributed by atoms with van der Waals surface area (Å²) in [5, 5.41) is 0. The Morgan fingerprint density at radius 1 is 1.50 bits per heavy atom. The maximum Gasteiger partial charge on any atom is 0.130 e. The molecule has 0 aliphatic rings. The van der Waals surface area contributed by atoms with Gasteiger partial charge in [-0.1, -0.05) is 13.0 Å². The summed E-state index contributed by atoms with van der Waals surface area (Å²) in [7, 11) is 1.52. The van der Waals surface area contributed by atoms with Crippen LogP contribution in [0.1, 0.15) is 12.5 Å². The molecule has 0 radical (unpaired) electrons. The normalized spacial score (nSPS) is 12.6. The fraction of sp³-hybridized carbons (Fsp3) is 0.455. The summed E-state index contributed by atoms with van der Waals surface area (Å²) >= 11 is 0. The molecule has 14 heavy (non-hydrogen) atoms. The number of hydrogen-bond donors (Lipinski definition) is 1. The third-order valence-electron chi connectivity index (χ3n) is 2.23. The molecule has 3 heteroatoms. The molecule has 0 bridgehead atoms. The number of rotatable bonds is 4. The molecule has 0 spiro atoms. The number of ether oxygens (including phenoxy) is 1. The van der Waals surface area contributed by atoms with Gasteiger partial charge in [0.2, 0.25) is 0 Å². The highest BCUT2D eigenvalue weighted by molar-refractivity contribution is 5.29. The van der Waals surface area contributed by atoms with Crippen LogP contribution in [-0.4, -0.2) is 13.7 Å². The monoisotopic (exact) mass is 197 g/mol. The van der Waals surface area contributed by atoms with E-state index in [-0.39, 0.29) is 5.82 Å². The van der Waals surface area contributed by atoms with E-state index in [1.165, 1.54) is 13.2 Å². The first-order chi connectivity index (χ1) is 6.67. The average molecular weight is 197 g/mol. The number of hydrogen-bond acceptors (Lipinski definition) is 2. The van der Waals surface area contributed by atoms with Crippen molar-refractivity contribution >= 4 is 0 Å². The molecule has 0 fully saturated rings. The van der Waals surface area contributed by atoms with Crippen molar-refractivity contribution in [1.82, 2.24) is 0 Å². The predicted octanol–water partition coefficient (Wildman–Crippen LogP) is 1.97. The van der Waals surface area contributed by atoms with Gasteiger partial charge in [0.25, 0.3) is 0 Å². The Bertz CT molecular complexity index is 301. The van der Waals surface area contributed by atoms with Gasteiger partial charge in [-0.2, -0.15) is 0 Å². The molecular formula is C11H16FNO. The Labute approximate surface area is 83.9 Å². The van der Waals surface area contributed by atoms with E-state index in [0.29, 0.717) is 30.2 Å². The molecule has 2 nitrogen and oxygen atoms in total. The van der Waals surface area contributed by atoms with Gasteiger partial charge in [0.1, 0.15) is 11.6 Å². The summed E-state index contributed by atoms with van der Waals surface area (Å²) in [6, 6.07) is 4.92. The van der Waals surface area contributed by atoms with E-state index in [9.17, 15) is 4.39 Å². The molecule has 0 saturated heterocycles. The smallest absolute Gasteiger partial charge is 0.130 e. The van der Waals surface area contributed by atoms with Crippen LogP contribution in [0.15, 0.2) is 18.2 Å². The van der Waals surface area contributed by atoms with Crippen LogP contribution >= 0.6 is 0 Å². The standard InChI is InChI=1S/C11H16FNO/c1-8(7-13)5-9-3-4-10(14-2)6-11(9)12/h3-4,6,8H,5,7,13H2,1-2H3. The van der Waals surface area contributed by atoms with Gasteiger partial charge in [-0.15, -0.1) is 0 Å². The zero-order valence-electron chi connectivity index (χ0n) is 8.59. The second-order valence-corrected chi connectivity index (χ2v) is 3.50. The summed E-state index contributed by atoms with van der Waals surface area (Å²) < 4.78 is 18.3. The molecule has 1 atom stereocenters. The van der Waals surface area contributed by atoms with Gasteiger partial charge in [-0.25, -0.2) is 4.39 Å². The molecule has 0 saturated carbocycles. The van der Waals surface area contributed by atoms with E-state index in [4.69, 9.17) is 10.5 Å². The Morgan fingerprint density at radius 2 is 2.21 bits per heavy atom. The van der Waals surface area contributed by atoms with Crippen molar-refractivity contribution in [2.45, 2.75) is 13.3 Å². The molecule has 1 unspecified atom stereocenters. The topological polar surface area (TPSA) is 35.2 Å². The Morgan fingerprint density at radius 3 is 2.71 bits per heavy atom. The van der Waals surface area contributed by atoms with Crippen LogP contribution < -0.4 is 10.5 Å². The highest BCUT2D eigenvalue weighted by Crippen LogP contribution is 2.18. The maximum atomic E-state index is 13.4. The predicted molar refractivity (Wildman–Crippen MR) is 54.9 cm³/mol. The first-order valence-corrected chi connectivity index (χ1v) is 4.70. The van der Waals surface area contributed by atoms with E-state index < -0.39 is 0 Å². The molecule has 2 N–H and O–H groups in total. The van der Waals surface area contributed by atoms with Crippen LogP contribution in [0.5, 0.6) is 5.75 Å². The van der Waals surface area contributed by atoms with Crippen molar-refractivity contribution < 1.29 is 9.13 Å². The Kier molecular flexibility index (Phi) is 3.89. The van der Waals surface area contributed by atoms with Crippen LogP contribution in [0.4, 0.5) is 4.39 Å². The van der Waals surface area contributed by atoms with Crippen LogP contribution in [0.2, 0.25) is 0 Å². The van der Waals surface area contributed by atoms with Gasteiger partial charge >= 0.3 is 0 Å². The van der Waals surface area contributed by atoms with Crippen molar-refractivity contribution in [3.05, 3.63) is 29.6 Å². The van der Waals surface area contributed by atoms with Gasteiger partial charge < -0.3 is 10.5 Å². The zero-order chi connectivity index (χ0) is 10.6. The molecule has 1 aromatic rings. The van der Waals surface area contributed by atoms with Crippen LogP contribution in [0.25, 0.3) is 0 Å². The minimum absolute atomic E-state index is 0.218. The number of benzene rings is 1. The number of nitrogens with two attached hydrogens (primary N) is 1. The molecule has 78 valence electrons. The van der Waals surface area contributed by atoms with Crippen molar-refractivity contribution in [2.24, 2.45) is 11.7 Å². The van der Waals surface area contributed by atoms with Crippen molar-refractivity contribution in [2.75, 3.05) is 13.7 Å². The largest absolute Gasteiger partial charge is 0.497 e. The minimum atomic E-state index is -0.218. The quantitative estimate of drug-likeness (QED) is 0.801. The van der Waals surface area contributed by atoms with Crippen molar-refractivity contribution in [3.8, 4) is 5.75 Å². The van der Waals surface area contributed by atoms with E-state index in [1.807, 2.05) is 6.92 Å². The van der Waals surface area contributed by atoms with Crippen LogP contribution in [0.3, 0.4) is 0 Å².